The van der Waals surface area contributed by atoms with Crippen LogP contribution in [0.25, 0.3) is 0 Å². The monoisotopic (exact) mass is 523 g/mol. The fourth-order valence-electron chi connectivity index (χ4n) is 4.57. The van der Waals surface area contributed by atoms with Gasteiger partial charge in [-0.15, -0.1) is 0 Å². The molecule has 4 aromatic rings. The van der Waals surface area contributed by atoms with Crippen molar-refractivity contribution in [2.24, 2.45) is 0 Å². The zero-order chi connectivity index (χ0) is 26.7. The average Bonchev–Trinajstić information content (AvgIpc) is 3.00. The van der Waals surface area contributed by atoms with Crippen molar-refractivity contribution in [2.45, 2.75) is 44.4 Å². The average molecular weight is 524 g/mol. The van der Waals surface area contributed by atoms with E-state index >= 15 is 0 Å². The van der Waals surface area contributed by atoms with Crippen molar-refractivity contribution in [1.82, 2.24) is 0 Å². The number of rotatable bonds is 11. The highest BCUT2D eigenvalue weighted by Crippen LogP contribution is 2.27. The molecule has 0 bridgehead atoms. The van der Waals surface area contributed by atoms with E-state index in [0.29, 0.717) is 19.8 Å². The molecule has 200 valence electrons. The Morgan fingerprint density at radius 2 is 1.05 bits per heavy atom. The van der Waals surface area contributed by atoms with E-state index in [2.05, 4.69) is 0 Å². The maximum atomic E-state index is 13.5. The number of ether oxygens (including phenoxy) is 4. The summed E-state index contributed by atoms with van der Waals surface area (Å²) >= 11 is 0. The third-order valence-corrected chi connectivity index (χ3v) is 6.61. The summed E-state index contributed by atoms with van der Waals surface area (Å²) < 4.78 is 26.2. The molecule has 6 nitrogen and oxygen atoms in total. The molecule has 6 heteroatoms. The molecule has 5 rings (SSSR count). The Balaban J connectivity index is 1.42. The number of hydrogen-bond acceptors (Lipinski definition) is 5. The molecule has 1 saturated heterocycles. The van der Waals surface area contributed by atoms with Gasteiger partial charge in [-0.3, -0.25) is 0 Å². The summed E-state index contributed by atoms with van der Waals surface area (Å²) in [6.07, 6.45) is -1.07. The standard InChI is InChI=1S/C33H33NO5/c35-34(21-26-13-5-1-6-14-26)33-32(38-24-29-19-11-4-12-20-29)31(37-23-28-17-9-3-10-18-28)30(25-39-33)36-22-27-15-7-2-8-16-27/h1-21,30-33H,22-25H2/b34-21+/t30-,31-,32-,33-/m1/s1. The minimum absolute atomic E-state index is 0.198. The predicted octanol–water partition coefficient (Wildman–Crippen LogP) is 5.73. The highest BCUT2D eigenvalue weighted by atomic mass is 16.6. The van der Waals surface area contributed by atoms with Crippen LogP contribution in [0.5, 0.6) is 0 Å². The lowest BCUT2D eigenvalue weighted by molar-refractivity contribution is -0.580. The molecular formula is C33H33NO5. The Morgan fingerprint density at radius 3 is 1.56 bits per heavy atom. The lowest BCUT2D eigenvalue weighted by Crippen LogP contribution is -2.58. The van der Waals surface area contributed by atoms with Crippen LogP contribution in [0.2, 0.25) is 0 Å². The topological polar surface area (TPSA) is 63.0 Å². The van der Waals surface area contributed by atoms with Crippen molar-refractivity contribution in [2.75, 3.05) is 6.61 Å². The van der Waals surface area contributed by atoms with Gasteiger partial charge in [0, 0.05) is 5.56 Å². The minimum Gasteiger partial charge on any atom is -0.622 e. The molecule has 0 unspecified atom stereocenters. The molecule has 0 spiro atoms. The van der Waals surface area contributed by atoms with Crippen molar-refractivity contribution in [1.29, 1.82) is 0 Å². The largest absolute Gasteiger partial charge is 0.622 e. The molecule has 4 aromatic carbocycles. The maximum absolute atomic E-state index is 13.5. The van der Waals surface area contributed by atoms with Crippen LogP contribution >= 0.6 is 0 Å². The Kier molecular flexibility index (Phi) is 9.50. The molecule has 0 aliphatic carbocycles. The van der Waals surface area contributed by atoms with Crippen LogP contribution in [0.1, 0.15) is 22.3 Å². The second-order valence-electron chi connectivity index (χ2n) is 9.48. The van der Waals surface area contributed by atoms with Gasteiger partial charge in [0.15, 0.2) is 12.3 Å². The quantitative estimate of drug-likeness (QED) is 0.109. The van der Waals surface area contributed by atoms with Crippen molar-refractivity contribution in [3.8, 4) is 0 Å². The highest BCUT2D eigenvalue weighted by molar-refractivity contribution is 5.75. The molecule has 0 radical (unpaired) electrons. The van der Waals surface area contributed by atoms with Crippen LogP contribution in [0.3, 0.4) is 0 Å². The predicted molar refractivity (Wildman–Crippen MR) is 150 cm³/mol. The van der Waals surface area contributed by atoms with Gasteiger partial charge in [0.05, 0.1) is 26.4 Å². The Labute approximate surface area is 229 Å². The fourth-order valence-corrected chi connectivity index (χ4v) is 4.57. The SMILES string of the molecule is [O-]/[N+](=C/c1ccccc1)[C@@H]1OC[C@@H](OCc2ccccc2)[C@@H](OCc2ccccc2)[C@H]1OCc1ccccc1. The van der Waals surface area contributed by atoms with Crippen LogP contribution in [-0.4, -0.2) is 42.1 Å². The van der Waals surface area contributed by atoms with Gasteiger partial charge < -0.3 is 24.2 Å². The first-order valence-electron chi connectivity index (χ1n) is 13.2. The van der Waals surface area contributed by atoms with Crippen LogP contribution < -0.4 is 0 Å². The zero-order valence-corrected chi connectivity index (χ0v) is 21.8. The zero-order valence-electron chi connectivity index (χ0n) is 21.8. The Hall–Kier alpha value is -3.81. The minimum atomic E-state index is -0.911. The van der Waals surface area contributed by atoms with Gasteiger partial charge in [-0.2, -0.15) is 4.74 Å². The summed E-state index contributed by atoms with van der Waals surface area (Å²) in [5, 5.41) is 13.5. The van der Waals surface area contributed by atoms with Crippen molar-refractivity contribution in [3.05, 3.63) is 149 Å². The number of hydroxylamine groups is 1. The van der Waals surface area contributed by atoms with Gasteiger partial charge in [0.1, 0.15) is 12.2 Å². The van der Waals surface area contributed by atoms with Crippen LogP contribution in [0, 0.1) is 5.21 Å². The van der Waals surface area contributed by atoms with Gasteiger partial charge in [-0.25, -0.2) is 0 Å². The van der Waals surface area contributed by atoms with Crippen molar-refractivity contribution >= 4 is 6.21 Å². The molecule has 0 aromatic heterocycles. The molecule has 1 aliphatic rings. The van der Waals surface area contributed by atoms with Crippen molar-refractivity contribution in [3.63, 3.8) is 0 Å². The van der Waals surface area contributed by atoms with Gasteiger partial charge in [-0.1, -0.05) is 109 Å². The summed E-state index contributed by atoms with van der Waals surface area (Å²) in [5.74, 6) is 0. The lowest BCUT2D eigenvalue weighted by Gasteiger charge is -2.40. The lowest BCUT2D eigenvalue weighted by atomic mass is 10.0. The summed E-state index contributed by atoms with van der Waals surface area (Å²) in [4.78, 5) is 0. The van der Waals surface area contributed by atoms with Gasteiger partial charge >= 0.3 is 0 Å². The second-order valence-corrected chi connectivity index (χ2v) is 9.48. The van der Waals surface area contributed by atoms with E-state index in [9.17, 15) is 5.21 Å². The van der Waals surface area contributed by atoms with Crippen LogP contribution in [-0.2, 0) is 38.8 Å². The Morgan fingerprint density at radius 1 is 0.615 bits per heavy atom. The van der Waals surface area contributed by atoms with Gasteiger partial charge in [-0.05, 0) is 28.8 Å². The molecule has 39 heavy (non-hydrogen) atoms. The highest BCUT2D eigenvalue weighted by Gasteiger charge is 2.47. The van der Waals surface area contributed by atoms with Crippen molar-refractivity contribution < 1.29 is 23.7 Å². The molecular weight excluding hydrogens is 490 g/mol. The fraction of sp³-hybridized carbons (Fsp3) is 0.242. The number of hydrogen-bond donors (Lipinski definition) is 0. The molecule has 0 saturated carbocycles. The summed E-state index contributed by atoms with van der Waals surface area (Å²) in [7, 11) is 0. The van der Waals surface area contributed by atoms with Gasteiger partial charge in [0.25, 0.3) is 6.23 Å². The Bertz CT molecular complexity index is 1290. The van der Waals surface area contributed by atoms with E-state index in [1.807, 2.05) is 121 Å². The molecule has 1 fully saturated rings. The first-order chi connectivity index (χ1) is 19.3. The van der Waals surface area contributed by atoms with E-state index in [0.717, 1.165) is 27.0 Å². The van der Waals surface area contributed by atoms with E-state index in [1.54, 1.807) is 0 Å². The third-order valence-electron chi connectivity index (χ3n) is 6.61. The van der Waals surface area contributed by atoms with E-state index in [1.165, 1.54) is 6.21 Å². The van der Waals surface area contributed by atoms with Gasteiger partial charge in [0.2, 0.25) is 0 Å². The van der Waals surface area contributed by atoms with E-state index in [4.69, 9.17) is 18.9 Å². The summed E-state index contributed by atoms with van der Waals surface area (Å²) in [6.45, 7) is 1.26. The molecule has 1 aliphatic heterocycles. The summed E-state index contributed by atoms with van der Waals surface area (Å²) in [5.41, 5.74) is 3.85. The second kappa shape index (κ2) is 13.8. The third kappa shape index (κ3) is 7.62. The first-order valence-corrected chi connectivity index (χ1v) is 13.2. The molecule has 0 amide bonds. The normalized spacial score (nSPS) is 21.5. The van der Waals surface area contributed by atoms with E-state index in [-0.39, 0.29) is 6.61 Å². The van der Waals surface area contributed by atoms with E-state index < -0.39 is 24.5 Å². The smallest absolute Gasteiger partial charge is 0.297 e. The molecule has 1 heterocycles. The number of nitrogens with zero attached hydrogens (tertiary/aromatic N) is 1. The first kappa shape index (κ1) is 26.8. The summed E-state index contributed by atoms with van der Waals surface area (Å²) in [6, 6.07) is 39.3. The maximum Gasteiger partial charge on any atom is 0.297 e. The van der Waals surface area contributed by atoms with Crippen LogP contribution in [0.15, 0.2) is 121 Å². The molecule has 4 atom stereocenters. The molecule has 0 N–H and O–H groups in total. The number of benzene rings is 4. The van der Waals surface area contributed by atoms with Crippen LogP contribution in [0.4, 0.5) is 0 Å².